The number of carbonyl (C=O) groups excluding carboxylic acids is 1. The predicted molar refractivity (Wildman–Crippen MR) is 88.5 cm³/mol. The zero-order valence-corrected chi connectivity index (χ0v) is 14.2. The minimum atomic E-state index is -0.396. The van der Waals surface area contributed by atoms with E-state index in [1.807, 2.05) is 15.9 Å². The van der Waals surface area contributed by atoms with Gasteiger partial charge in [-0.15, -0.1) is 0 Å². The normalized spacial score (nSPS) is 23.7. The third-order valence-corrected chi connectivity index (χ3v) is 5.88. The fourth-order valence-electron chi connectivity index (χ4n) is 4.51. The van der Waals surface area contributed by atoms with E-state index < -0.39 is 6.04 Å². The number of rotatable bonds is 4. The van der Waals surface area contributed by atoms with Crippen LogP contribution in [0, 0.1) is 11.3 Å². The molecular formula is C17H29N5O. The molecule has 1 saturated heterocycles. The molecular weight excluding hydrogens is 290 g/mol. The number of aromatic nitrogens is 3. The van der Waals surface area contributed by atoms with Crippen LogP contribution in [0.2, 0.25) is 0 Å². The molecule has 1 aliphatic heterocycles. The van der Waals surface area contributed by atoms with Gasteiger partial charge < -0.3 is 10.6 Å². The summed E-state index contributed by atoms with van der Waals surface area (Å²) in [6.07, 6.45) is 12.2. The zero-order valence-electron chi connectivity index (χ0n) is 14.2. The summed E-state index contributed by atoms with van der Waals surface area (Å²) in [6, 6.07) is -0.396. The van der Waals surface area contributed by atoms with Crippen LogP contribution in [0.5, 0.6) is 0 Å². The Hall–Kier alpha value is -1.43. The van der Waals surface area contributed by atoms with Gasteiger partial charge in [0.2, 0.25) is 5.91 Å². The maximum Gasteiger partial charge on any atom is 0.239 e. The molecule has 1 aromatic heterocycles. The molecule has 6 nitrogen and oxygen atoms in total. The minimum Gasteiger partial charge on any atom is -0.341 e. The summed E-state index contributed by atoms with van der Waals surface area (Å²) in [6.45, 7) is 4.36. The first-order valence-corrected chi connectivity index (χ1v) is 8.97. The van der Waals surface area contributed by atoms with Gasteiger partial charge in [0.15, 0.2) is 0 Å². The topological polar surface area (TPSA) is 77.0 Å². The van der Waals surface area contributed by atoms with E-state index in [9.17, 15) is 4.79 Å². The summed E-state index contributed by atoms with van der Waals surface area (Å²) in [7, 11) is 0. The van der Waals surface area contributed by atoms with Gasteiger partial charge in [-0.05, 0) is 43.9 Å². The molecule has 0 bridgehead atoms. The average molecular weight is 319 g/mol. The van der Waals surface area contributed by atoms with E-state index in [-0.39, 0.29) is 11.3 Å². The Morgan fingerprint density at radius 3 is 2.57 bits per heavy atom. The van der Waals surface area contributed by atoms with Gasteiger partial charge in [-0.1, -0.05) is 19.3 Å². The van der Waals surface area contributed by atoms with Gasteiger partial charge in [0, 0.05) is 19.6 Å². The summed E-state index contributed by atoms with van der Waals surface area (Å²) < 4.78 is 1.98. The first-order valence-electron chi connectivity index (χ1n) is 8.97. The van der Waals surface area contributed by atoms with E-state index in [1.54, 1.807) is 13.3 Å². The summed E-state index contributed by atoms with van der Waals surface area (Å²) in [4.78, 5) is 18.2. The van der Waals surface area contributed by atoms with Crippen molar-refractivity contribution in [3.05, 3.63) is 12.7 Å². The smallest absolute Gasteiger partial charge is 0.239 e. The molecule has 23 heavy (non-hydrogen) atoms. The third kappa shape index (κ3) is 3.57. The summed E-state index contributed by atoms with van der Waals surface area (Å²) in [5.74, 6) is 0.830. The maximum absolute atomic E-state index is 12.2. The number of hydrogen-bond donors (Lipinski definition) is 1. The number of nitrogens with zero attached hydrogens (tertiary/aromatic N) is 4. The van der Waals surface area contributed by atoms with Crippen molar-refractivity contribution in [1.82, 2.24) is 19.7 Å². The second kappa shape index (κ2) is 6.99. The van der Waals surface area contributed by atoms with Gasteiger partial charge >= 0.3 is 0 Å². The third-order valence-electron chi connectivity index (χ3n) is 5.88. The van der Waals surface area contributed by atoms with E-state index in [4.69, 9.17) is 5.73 Å². The van der Waals surface area contributed by atoms with Crippen LogP contribution >= 0.6 is 0 Å². The van der Waals surface area contributed by atoms with Crippen LogP contribution in [0.15, 0.2) is 12.7 Å². The fourth-order valence-corrected chi connectivity index (χ4v) is 4.51. The maximum atomic E-state index is 12.2. The SMILES string of the molecule is CC(N)C(=O)N1CCC(Cn2cncn2)(C2CCCCC2)CC1. The lowest BCUT2D eigenvalue weighted by Gasteiger charge is -2.48. The molecule has 128 valence electrons. The highest BCUT2D eigenvalue weighted by Crippen LogP contribution is 2.46. The van der Waals surface area contributed by atoms with Crippen LogP contribution in [-0.2, 0) is 11.3 Å². The van der Waals surface area contributed by atoms with Gasteiger partial charge in [0.05, 0.1) is 6.04 Å². The second-order valence-electron chi connectivity index (χ2n) is 7.40. The molecule has 3 rings (SSSR count). The first kappa shape index (κ1) is 16.4. The molecule has 2 fully saturated rings. The molecule has 1 aromatic rings. The highest BCUT2D eigenvalue weighted by atomic mass is 16.2. The van der Waals surface area contributed by atoms with E-state index in [0.29, 0.717) is 0 Å². The van der Waals surface area contributed by atoms with Gasteiger partial charge in [0.1, 0.15) is 12.7 Å². The van der Waals surface area contributed by atoms with Crippen molar-refractivity contribution in [2.75, 3.05) is 13.1 Å². The molecule has 6 heteroatoms. The molecule has 1 aliphatic carbocycles. The first-order chi connectivity index (χ1) is 11.1. The Morgan fingerprint density at radius 1 is 1.30 bits per heavy atom. The molecule has 0 aromatic carbocycles. The number of hydrogen-bond acceptors (Lipinski definition) is 4. The average Bonchev–Trinajstić information content (AvgIpc) is 3.08. The monoisotopic (exact) mass is 319 g/mol. The van der Waals surface area contributed by atoms with Crippen LogP contribution in [0.3, 0.4) is 0 Å². The lowest BCUT2D eigenvalue weighted by Crippen LogP contribution is -2.51. The molecule has 0 spiro atoms. The Bertz CT molecular complexity index is 499. The van der Waals surface area contributed by atoms with E-state index >= 15 is 0 Å². The lowest BCUT2D eigenvalue weighted by atomic mass is 9.63. The van der Waals surface area contributed by atoms with Crippen LogP contribution in [0.1, 0.15) is 51.9 Å². The van der Waals surface area contributed by atoms with Crippen molar-refractivity contribution in [3.8, 4) is 0 Å². The van der Waals surface area contributed by atoms with Crippen LogP contribution in [0.4, 0.5) is 0 Å². The quantitative estimate of drug-likeness (QED) is 0.918. The van der Waals surface area contributed by atoms with Crippen molar-refractivity contribution in [2.45, 2.75) is 64.5 Å². The molecule has 0 radical (unpaired) electrons. The second-order valence-corrected chi connectivity index (χ2v) is 7.40. The highest BCUT2D eigenvalue weighted by Gasteiger charge is 2.43. The molecule has 1 atom stereocenters. The fraction of sp³-hybridized carbons (Fsp3) is 0.824. The molecule has 1 amide bonds. The van der Waals surface area contributed by atoms with Crippen molar-refractivity contribution in [1.29, 1.82) is 0 Å². The molecule has 2 N–H and O–H groups in total. The standard InChI is InChI=1S/C17H29N5O/c1-14(18)16(23)21-9-7-17(8-10-21,11-22-13-19-12-20-22)15-5-3-2-4-6-15/h12-15H,2-11,18H2,1H3. The molecule has 2 aliphatic rings. The van der Waals surface area contributed by atoms with Crippen LogP contribution in [0.25, 0.3) is 0 Å². The van der Waals surface area contributed by atoms with Gasteiger partial charge in [-0.3, -0.25) is 9.48 Å². The number of amides is 1. The highest BCUT2D eigenvalue weighted by molar-refractivity contribution is 5.81. The van der Waals surface area contributed by atoms with Gasteiger partial charge in [-0.2, -0.15) is 5.10 Å². The molecule has 1 unspecified atom stereocenters. The zero-order chi connectivity index (χ0) is 16.3. The largest absolute Gasteiger partial charge is 0.341 e. The van der Waals surface area contributed by atoms with E-state index in [0.717, 1.165) is 38.4 Å². The van der Waals surface area contributed by atoms with E-state index in [1.165, 1.54) is 32.1 Å². The number of carbonyl (C=O) groups is 1. The van der Waals surface area contributed by atoms with Crippen LogP contribution < -0.4 is 5.73 Å². The van der Waals surface area contributed by atoms with Gasteiger partial charge in [-0.25, -0.2) is 4.98 Å². The molecule has 1 saturated carbocycles. The van der Waals surface area contributed by atoms with Gasteiger partial charge in [0.25, 0.3) is 0 Å². The van der Waals surface area contributed by atoms with Crippen molar-refractivity contribution in [3.63, 3.8) is 0 Å². The summed E-state index contributed by atoms with van der Waals surface area (Å²) >= 11 is 0. The number of likely N-dealkylation sites (tertiary alicyclic amines) is 1. The number of nitrogens with two attached hydrogens (primary N) is 1. The van der Waals surface area contributed by atoms with Crippen molar-refractivity contribution < 1.29 is 4.79 Å². The number of piperidine rings is 1. The van der Waals surface area contributed by atoms with E-state index in [2.05, 4.69) is 10.1 Å². The summed E-state index contributed by atoms with van der Waals surface area (Å²) in [5.41, 5.74) is 6.03. The van der Waals surface area contributed by atoms with Crippen molar-refractivity contribution >= 4 is 5.91 Å². The van der Waals surface area contributed by atoms with Crippen molar-refractivity contribution in [2.24, 2.45) is 17.1 Å². The minimum absolute atomic E-state index is 0.0861. The lowest BCUT2D eigenvalue weighted by molar-refractivity contribution is -0.135. The predicted octanol–water partition coefficient (Wildman–Crippen LogP) is 1.81. The molecule has 2 heterocycles. The Labute approximate surface area is 138 Å². The Kier molecular flexibility index (Phi) is 4.99. The Balaban J connectivity index is 1.73. The summed E-state index contributed by atoms with van der Waals surface area (Å²) in [5, 5.41) is 4.34. The Morgan fingerprint density at radius 2 is 2.00 bits per heavy atom. The van der Waals surface area contributed by atoms with Crippen LogP contribution in [-0.4, -0.2) is 44.7 Å².